The molecular weight excluding hydrogens is 272 g/mol. The molecule has 0 saturated heterocycles. The average Bonchev–Trinajstić information content (AvgIpc) is 2.33. The number of anilines is 1. The normalized spacial score (nSPS) is 22.9. The van der Waals surface area contributed by atoms with Crippen molar-refractivity contribution >= 4 is 15.7 Å². The second-order valence-electron chi connectivity index (χ2n) is 6.13. The first-order valence-corrected chi connectivity index (χ1v) is 8.54. The van der Waals surface area contributed by atoms with Crippen molar-refractivity contribution in [2.24, 2.45) is 11.8 Å². The topological polar surface area (TPSA) is 49.4 Å². The van der Waals surface area contributed by atoms with E-state index in [0.717, 1.165) is 17.5 Å². The van der Waals surface area contributed by atoms with E-state index < -0.39 is 10.0 Å². The van der Waals surface area contributed by atoms with E-state index in [1.54, 1.807) is 32.3 Å². The summed E-state index contributed by atoms with van der Waals surface area (Å²) >= 11 is 0. The van der Waals surface area contributed by atoms with Gasteiger partial charge in [-0.2, -0.15) is 0 Å². The van der Waals surface area contributed by atoms with Gasteiger partial charge < -0.3 is 5.32 Å². The van der Waals surface area contributed by atoms with Crippen LogP contribution in [-0.2, 0) is 10.0 Å². The van der Waals surface area contributed by atoms with E-state index in [4.69, 9.17) is 0 Å². The van der Waals surface area contributed by atoms with E-state index in [2.05, 4.69) is 19.2 Å². The number of hydrogen-bond donors (Lipinski definition) is 1. The molecule has 0 heterocycles. The molecule has 112 valence electrons. The van der Waals surface area contributed by atoms with Crippen LogP contribution in [0.2, 0.25) is 0 Å². The van der Waals surface area contributed by atoms with E-state index in [0.29, 0.717) is 10.9 Å². The molecule has 1 N–H and O–H groups in total. The third-order valence-electron chi connectivity index (χ3n) is 4.10. The van der Waals surface area contributed by atoms with E-state index >= 15 is 0 Å². The third-order valence-corrected chi connectivity index (χ3v) is 5.91. The molecule has 0 radical (unpaired) electrons. The lowest BCUT2D eigenvalue weighted by atomic mass is 9.73. The molecule has 1 saturated carbocycles. The summed E-state index contributed by atoms with van der Waals surface area (Å²) in [6, 6.07) is 7.55. The maximum atomic E-state index is 12.1. The van der Waals surface area contributed by atoms with Crippen LogP contribution in [0.25, 0.3) is 0 Å². The van der Waals surface area contributed by atoms with Gasteiger partial charge in [0.05, 0.1) is 4.90 Å². The summed E-state index contributed by atoms with van der Waals surface area (Å²) in [6.07, 6.45) is 2.34. The standard InChI is InChI=1S/C15H24N2O2S/c1-11(2)12-8-14(9-12)16-13-6-5-7-15(10-13)20(18,19)17(3)4/h5-7,10-12,14,16H,8-9H2,1-4H3. The average molecular weight is 296 g/mol. The smallest absolute Gasteiger partial charge is 0.242 e. The molecule has 1 aromatic rings. The van der Waals surface area contributed by atoms with E-state index in [1.165, 1.54) is 17.1 Å². The molecule has 1 aliphatic rings. The van der Waals surface area contributed by atoms with Gasteiger partial charge in [0, 0.05) is 25.8 Å². The fraction of sp³-hybridized carbons (Fsp3) is 0.600. The Morgan fingerprint density at radius 3 is 2.45 bits per heavy atom. The van der Waals surface area contributed by atoms with Crippen LogP contribution in [0.15, 0.2) is 29.2 Å². The Hall–Kier alpha value is -1.07. The van der Waals surface area contributed by atoms with Gasteiger partial charge in [0.15, 0.2) is 0 Å². The Bertz CT molecular complexity index is 561. The lowest BCUT2D eigenvalue weighted by molar-refractivity contribution is 0.212. The van der Waals surface area contributed by atoms with E-state index in [9.17, 15) is 8.42 Å². The highest BCUT2D eigenvalue weighted by atomic mass is 32.2. The summed E-state index contributed by atoms with van der Waals surface area (Å²) in [5.41, 5.74) is 0.889. The molecule has 0 aromatic heterocycles. The van der Waals surface area contributed by atoms with Crippen LogP contribution in [-0.4, -0.2) is 32.9 Å². The fourth-order valence-electron chi connectivity index (χ4n) is 2.52. The van der Waals surface area contributed by atoms with Crippen LogP contribution >= 0.6 is 0 Å². The van der Waals surface area contributed by atoms with E-state index in [1.807, 2.05) is 6.07 Å². The van der Waals surface area contributed by atoms with Gasteiger partial charge in [0.2, 0.25) is 10.0 Å². The molecule has 1 fully saturated rings. The minimum Gasteiger partial charge on any atom is -0.382 e. The lowest BCUT2D eigenvalue weighted by Crippen LogP contribution is -2.37. The summed E-state index contributed by atoms with van der Waals surface area (Å²) in [4.78, 5) is 0.340. The molecule has 2 rings (SSSR count). The molecule has 0 spiro atoms. The van der Waals surface area contributed by atoms with Crippen LogP contribution in [0.3, 0.4) is 0 Å². The van der Waals surface area contributed by atoms with Crippen LogP contribution < -0.4 is 5.32 Å². The van der Waals surface area contributed by atoms with Gasteiger partial charge in [-0.25, -0.2) is 12.7 Å². The number of hydrogen-bond acceptors (Lipinski definition) is 3. The van der Waals surface area contributed by atoms with Gasteiger partial charge in [-0.3, -0.25) is 0 Å². The lowest BCUT2D eigenvalue weighted by Gasteiger charge is -2.39. The Morgan fingerprint density at radius 1 is 1.25 bits per heavy atom. The Morgan fingerprint density at radius 2 is 1.90 bits per heavy atom. The molecule has 20 heavy (non-hydrogen) atoms. The summed E-state index contributed by atoms with van der Waals surface area (Å²) in [6.45, 7) is 4.51. The fourth-order valence-corrected chi connectivity index (χ4v) is 3.46. The predicted octanol–water partition coefficient (Wildman–Crippen LogP) is 2.78. The zero-order chi connectivity index (χ0) is 14.9. The zero-order valence-electron chi connectivity index (χ0n) is 12.6. The Kier molecular flexibility index (Phi) is 4.39. The van der Waals surface area contributed by atoms with Crippen molar-refractivity contribution in [3.63, 3.8) is 0 Å². The number of benzene rings is 1. The van der Waals surface area contributed by atoms with Gasteiger partial charge in [-0.1, -0.05) is 19.9 Å². The summed E-state index contributed by atoms with van der Waals surface area (Å²) in [5, 5.41) is 3.43. The number of nitrogens with one attached hydrogen (secondary N) is 1. The molecule has 0 aliphatic heterocycles. The third kappa shape index (κ3) is 3.15. The van der Waals surface area contributed by atoms with Gasteiger partial charge in [-0.05, 0) is 42.9 Å². The quantitative estimate of drug-likeness (QED) is 0.909. The van der Waals surface area contributed by atoms with Gasteiger partial charge in [0.1, 0.15) is 0 Å². The largest absolute Gasteiger partial charge is 0.382 e. The molecule has 0 unspecified atom stereocenters. The highest BCUT2D eigenvalue weighted by Gasteiger charge is 2.31. The maximum absolute atomic E-state index is 12.1. The molecule has 1 aromatic carbocycles. The second kappa shape index (κ2) is 5.74. The zero-order valence-corrected chi connectivity index (χ0v) is 13.4. The van der Waals surface area contributed by atoms with Gasteiger partial charge in [-0.15, -0.1) is 0 Å². The van der Waals surface area contributed by atoms with Crippen molar-refractivity contribution in [1.82, 2.24) is 4.31 Å². The van der Waals surface area contributed by atoms with Crippen LogP contribution in [0.4, 0.5) is 5.69 Å². The summed E-state index contributed by atoms with van der Waals surface area (Å²) in [7, 11) is -0.254. The number of nitrogens with zero attached hydrogens (tertiary/aromatic N) is 1. The Labute approximate surface area is 122 Å². The first kappa shape index (κ1) is 15.3. The van der Waals surface area contributed by atoms with Crippen LogP contribution in [0.1, 0.15) is 26.7 Å². The molecule has 0 amide bonds. The van der Waals surface area contributed by atoms with Crippen molar-refractivity contribution < 1.29 is 8.42 Å². The van der Waals surface area contributed by atoms with Crippen molar-refractivity contribution in [3.8, 4) is 0 Å². The molecule has 4 nitrogen and oxygen atoms in total. The van der Waals surface area contributed by atoms with Gasteiger partial charge >= 0.3 is 0 Å². The molecule has 0 atom stereocenters. The first-order valence-electron chi connectivity index (χ1n) is 7.10. The highest BCUT2D eigenvalue weighted by Crippen LogP contribution is 2.35. The minimum absolute atomic E-state index is 0.340. The summed E-state index contributed by atoms with van der Waals surface area (Å²) < 4.78 is 25.4. The molecule has 1 aliphatic carbocycles. The second-order valence-corrected chi connectivity index (χ2v) is 8.28. The number of rotatable bonds is 5. The first-order chi connectivity index (χ1) is 9.30. The van der Waals surface area contributed by atoms with E-state index in [-0.39, 0.29) is 0 Å². The number of sulfonamides is 1. The van der Waals surface area contributed by atoms with Crippen molar-refractivity contribution in [3.05, 3.63) is 24.3 Å². The summed E-state index contributed by atoms with van der Waals surface area (Å²) in [5.74, 6) is 1.52. The molecule has 5 heteroatoms. The SMILES string of the molecule is CC(C)C1CC(Nc2cccc(S(=O)(=O)N(C)C)c2)C1. The van der Waals surface area contributed by atoms with Crippen LogP contribution in [0.5, 0.6) is 0 Å². The van der Waals surface area contributed by atoms with Gasteiger partial charge in [0.25, 0.3) is 0 Å². The van der Waals surface area contributed by atoms with Crippen LogP contribution in [0, 0.1) is 11.8 Å². The maximum Gasteiger partial charge on any atom is 0.242 e. The van der Waals surface area contributed by atoms with Crippen molar-refractivity contribution in [2.75, 3.05) is 19.4 Å². The highest BCUT2D eigenvalue weighted by molar-refractivity contribution is 7.89. The Balaban J connectivity index is 2.05. The molecule has 0 bridgehead atoms. The van der Waals surface area contributed by atoms with Crippen molar-refractivity contribution in [2.45, 2.75) is 37.6 Å². The molecular formula is C15H24N2O2S. The predicted molar refractivity (Wildman–Crippen MR) is 82.3 cm³/mol. The minimum atomic E-state index is -3.35. The monoisotopic (exact) mass is 296 g/mol. The van der Waals surface area contributed by atoms with Crippen molar-refractivity contribution in [1.29, 1.82) is 0 Å².